The van der Waals surface area contributed by atoms with Gasteiger partial charge in [-0.2, -0.15) is 0 Å². The summed E-state index contributed by atoms with van der Waals surface area (Å²) in [5.74, 6) is -1.42. The van der Waals surface area contributed by atoms with Crippen LogP contribution in [0.2, 0.25) is 0 Å². The third-order valence-corrected chi connectivity index (χ3v) is 6.41. The van der Waals surface area contributed by atoms with E-state index in [9.17, 15) is 19.1 Å². The smallest absolute Gasteiger partial charge is 0.251 e. The van der Waals surface area contributed by atoms with Crippen LogP contribution in [0.5, 0.6) is 0 Å². The Hall–Kier alpha value is -4.15. The van der Waals surface area contributed by atoms with Gasteiger partial charge in [0.2, 0.25) is 5.91 Å². The maximum absolute atomic E-state index is 13.1. The molecular formula is C27H28FN5O4. The monoisotopic (exact) mass is 505 g/mol. The molecule has 192 valence electrons. The Morgan fingerprint density at radius 3 is 2.59 bits per heavy atom. The summed E-state index contributed by atoms with van der Waals surface area (Å²) in [6.45, 7) is -0.0821. The number of aromatic nitrogens is 3. The van der Waals surface area contributed by atoms with Crippen LogP contribution < -0.4 is 10.8 Å². The summed E-state index contributed by atoms with van der Waals surface area (Å²) in [6, 6.07) is 14.5. The van der Waals surface area contributed by atoms with E-state index in [0.29, 0.717) is 24.1 Å². The average molecular weight is 506 g/mol. The number of hydroxylamine groups is 1. The summed E-state index contributed by atoms with van der Waals surface area (Å²) < 4.78 is 14.6. The first-order valence-electron chi connectivity index (χ1n) is 11.8. The minimum Gasteiger partial charge on any atom is -0.395 e. The van der Waals surface area contributed by atoms with Gasteiger partial charge < -0.3 is 10.4 Å². The zero-order chi connectivity index (χ0) is 26.3. The molecule has 0 bridgehead atoms. The summed E-state index contributed by atoms with van der Waals surface area (Å²) in [6.07, 6.45) is 8.27. The van der Waals surface area contributed by atoms with Gasteiger partial charge in [-0.25, -0.2) is 14.6 Å². The van der Waals surface area contributed by atoms with Gasteiger partial charge in [-0.15, -0.1) is 5.10 Å². The minimum atomic E-state index is -0.663. The molecule has 4 rings (SSSR count). The van der Waals surface area contributed by atoms with Crippen LogP contribution in [-0.2, 0) is 11.3 Å². The van der Waals surface area contributed by atoms with Crippen molar-refractivity contribution in [2.45, 2.75) is 31.8 Å². The van der Waals surface area contributed by atoms with Gasteiger partial charge in [-0.1, -0.05) is 53.8 Å². The number of aliphatic hydroxyl groups excluding tert-OH is 1. The molecule has 0 spiro atoms. The molecule has 10 heteroatoms. The first kappa shape index (κ1) is 25.9. The van der Waals surface area contributed by atoms with Crippen LogP contribution in [0.4, 0.5) is 4.39 Å². The fraction of sp³-hybridized carbons (Fsp3) is 0.259. The van der Waals surface area contributed by atoms with Crippen molar-refractivity contribution < 1.29 is 24.3 Å². The first-order chi connectivity index (χ1) is 17.9. The number of allylic oxidation sites excluding steroid dienone is 3. The average Bonchev–Trinajstić information content (AvgIpc) is 3.41. The molecule has 0 fully saturated rings. The van der Waals surface area contributed by atoms with Gasteiger partial charge in [-0.3, -0.25) is 14.8 Å². The van der Waals surface area contributed by atoms with E-state index in [1.54, 1.807) is 11.7 Å². The van der Waals surface area contributed by atoms with Gasteiger partial charge in [0.25, 0.3) is 5.91 Å². The molecule has 0 saturated carbocycles. The van der Waals surface area contributed by atoms with Gasteiger partial charge in [0.1, 0.15) is 11.5 Å². The van der Waals surface area contributed by atoms with E-state index in [0.717, 1.165) is 11.1 Å². The number of nitrogens with one attached hydrogen (secondary N) is 2. The summed E-state index contributed by atoms with van der Waals surface area (Å²) in [7, 11) is 0. The lowest BCUT2D eigenvalue weighted by atomic mass is 9.72. The van der Waals surface area contributed by atoms with Gasteiger partial charge in [0.15, 0.2) is 0 Å². The van der Waals surface area contributed by atoms with E-state index in [1.165, 1.54) is 28.9 Å². The van der Waals surface area contributed by atoms with E-state index in [1.807, 2.05) is 48.6 Å². The van der Waals surface area contributed by atoms with Crippen molar-refractivity contribution >= 4 is 17.4 Å². The normalized spacial score (nSPS) is 17.6. The molecule has 2 amide bonds. The van der Waals surface area contributed by atoms with Crippen molar-refractivity contribution in [3.8, 4) is 0 Å². The van der Waals surface area contributed by atoms with Crippen molar-refractivity contribution in [2.75, 3.05) is 6.61 Å². The predicted octanol–water partition coefficient (Wildman–Crippen LogP) is 3.20. The quantitative estimate of drug-likeness (QED) is 0.247. The summed E-state index contributed by atoms with van der Waals surface area (Å²) in [5, 5.41) is 30.5. The molecule has 37 heavy (non-hydrogen) atoms. The number of benzene rings is 2. The van der Waals surface area contributed by atoms with E-state index in [-0.39, 0.29) is 19.6 Å². The fourth-order valence-electron chi connectivity index (χ4n) is 4.46. The van der Waals surface area contributed by atoms with Crippen molar-refractivity contribution in [1.82, 2.24) is 25.8 Å². The SMILES string of the molecule is O=C(C[C@@H](CC1(CO)C=CC=C(c2ccccc2)C1)n1cc(CNC(=O)c2ccc(F)cc2)nn1)NO. The van der Waals surface area contributed by atoms with Gasteiger partial charge >= 0.3 is 0 Å². The van der Waals surface area contributed by atoms with Gasteiger partial charge in [0, 0.05) is 11.0 Å². The van der Waals surface area contributed by atoms with E-state index in [2.05, 4.69) is 15.6 Å². The Morgan fingerprint density at radius 1 is 1.14 bits per heavy atom. The van der Waals surface area contributed by atoms with E-state index in [4.69, 9.17) is 5.21 Å². The molecule has 1 aliphatic carbocycles. The number of nitrogens with zero attached hydrogens (tertiary/aromatic N) is 3. The van der Waals surface area contributed by atoms with Crippen molar-refractivity contribution in [1.29, 1.82) is 0 Å². The van der Waals surface area contributed by atoms with Crippen LogP contribution in [0.15, 0.2) is 79.0 Å². The Bertz CT molecular complexity index is 1290. The van der Waals surface area contributed by atoms with Crippen molar-refractivity contribution in [2.24, 2.45) is 5.41 Å². The second kappa shape index (κ2) is 11.7. The second-order valence-corrected chi connectivity index (χ2v) is 9.09. The minimum absolute atomic E-state index is 0.0705. The summed E-state index contributed by atoms with van der Waals surface area (Å²) in [4.78, 5) is 24.5. The van der Waals surface area contributed by atoms with Crippen LogP contribution in [0, 0.1) is 11.2 Å². The maximum Gasteiger partial charge on any atom is 0.251 e. The van der Waals surface area contributed by atoms with Crippen LogP contribution in [0.3, 0.4) is 0 Å². The molecule has 3 aromatic rings. The van der Waals surface area contributed by atoms with Crippen LogP contribution in [0.25, 0.3) is 5.57 Å². The number of hydrogen-bond donors (Lipinski definition) is 4. The zero-order valence-electron chi connectivity index (χ0n) is 20.0. The highest BCUT2D eigenvalue weighted by molar-refractivity contribution is 5.94. The zero-order valence-corrected chi connectivity index (χ0v) is 20.0. The second-order valence-electron chi connectivity index (χ2n) is 9.09. The van der Waals surface area contributed by atoms with E-state index < -0.39 is 29.1 Å². The largest absolute Gasteiger partial charge is 0.395 e. The lowest BCUT2D eigenvalue weighted by Gasteiger charge is -2.35. The number of carbonyl (C=O) groups excluding carboxylic acids is 2. The number of aliphatic hydroxyl groups is 1. The van der Waals surface area contributed by atoms with Crippen LogP contribution in [-0.4, -0.2) is 43.7 Å². The van der Waals surface area contributed by atoms with Crippen LogP contribution in [0.1, 0.15) is 46.9 Å². The third kappa shape index (κ3) is 6.54. The molecule has 0 saturated heterocycles. The molecule has 1 aliphatic rings. The molecule has 1 aromatic heterocycles. The van der Waals surface area contributed by atoms with Gasteiger partial charge in [-0.05, 0) is 48.2 Å². The molecule has 2 atom stereocenters. The maximum atomic E-state index is 13.1. The number of rotatable bonds is 10. The molecular weight excluding hydrogens is 477 g/mol. The van der Waals surface area contributed by atoms with Crippen molar-refractivity contribution in [3.63, 3.8) is 0 Å². The highest BCUT2D eigenvalue weighted by Gasteiger charge is 2.35. The third-order valence-electron chi connectivity index (χ3n) is 6.41. The number of amides is 2. The highest BCUT2D eigenvalue weighted by Crippen LogP contribution is 2.42. The number of halogens is 1. The van der Waals surface area contributed by atoms with Crippen molar-refractivity contribution in [3.05, 3.63) is 102 Å². The molecule has 0 aliphatic heterocycles. The first-order valence-corrected chi connectivity index (χ1v) is 11.8. The lowest BCUT2D eigenvalue weighted by Crippen LogP contribution is -2.32. The Morgan fingerprint density at radius 2 is 1.89 bits per heavy atom. The Balaban J connectivity index is 1.49. The molecule has 9 nitrogen and oxygen atoms in total. The number of hydrogen-bond acceptors (Lipinski definition) is 6. The Labute approximate surface area is 213 Å². The highest BCUT2D eigenvalue weighted by atomic mass is 19.1. The Kier molecular flexibility index (Phi) is 8.22. The molecule has 2 aromatic carbocycles. The predicted molar refractivity (Wildman–Crippen MR) is 133 cm³/mol. The summed E-state index contributed by atoms with van der Waals surface area (Å²) in [5.41, 5.74) is 3.87. The molecule has 4 N–H and O–H groups in total. The molecule has 1 heterocycles. The fourth-order valence-corrected chi connectivity index (χ4v) is 4.46. The lowest BCUT2D eigenvalue weighted by molar-refractivity contribution is -0.130. The molecule has 1 unspecified atom stereocenters. The number of carbonyl (C=O) groups is 2. The topological polar surface area (TPSA) is 129 Å². The summed E-state index contributed by atoms with van der Waals surface area (Å²) >= 11 is 0. The van der Waals surface area contributed by atoms with E-state index >= 15 is 0 Å². The standard InChI is InChI=1S/C27H28FN5O4/c28-22-10-8-20(9-11-22)26(36)29-16-23-17-33(32-30-23)24(13-25(35)31-37)15-27(18-34)12-4-7-21(14-27)19-5-2-1-3-6-19/h1-12,17,24,34,37H,13-16,18H2,(H,29,36)(H,31,35)/t24-,27?/m0/s1. The molecule has 0 radical (unpaired) electrons. The van der Waals surface area contributed by atoms with Gasteiger partial charge in [0.05, 0.1) is 31.8 Å². The van der Waals surface area contributed by atoms with Crippen LogP contribution >= 0.6 is 0 Å².